The summed E-state index contributed by atoms with van der Waals surface area (Å²) >= 11 is 1.62. The van der Waals surface area contributed by atoms with Gasteiger partial charge in [-0.05, 0) is 37.3 Å². The Balaban J connectivity index is 1.78. The fourth-order valence-electron chi connectivity index (χ4n) is 2.30. The van der Waals surface area contributed by atoms with Crippen LogP contribution >= 0.6 is 11.3 Å². The Hall–Kier alpha value is -1.62. The number of nitrogens with zero attached hydrogens (tertiary/aromatic N) is 1. The molecule has 0 saturated heterocycles. The van der Waals surface area contributed by atoms with Crippen molar-refractivity contribution in [1.29, 1.82) is 0 Å². The van der Waals surface area contributed by atoms with Gasteiger partial charge in [0.15, 0.2) is 0 Å². The van der Waals surface area contributed by atoms with Crippen molar-refractivity contribution in [2.45, 2.75) is 32.6 Å². The summed E-state index contributed by atoms with van der Waals surface area (Å²) in [5, 5.41) is 9.68. The first-order valence-corrected chi connectivity index (χ1v) is 7.04. The molecule has 0 spiro atoms. The summed E-state index contributed by atoms with van der Waals surface area (Å²) in [6.07, 6.45) is 6.07. The van der Waals surface area contributed by atoms with E-state index in [4.69, 9.17) is 0 Å². The predicted octanol–water partition coefficient (Wildman–Crippen LogP) is 2.77. The third-order valence-electron chi connectivity index (χ3n) is 3.31. The largest absolute Gasteiger partial charge is 0.306 e. The van der Waals surface area contributed by atoms with E-state index in [0.29, 0.717) is 0 Å². The number of aryl methyl sites for hydroxylation is 3. The third-order valence-corrected chi connectivity index (χ3v) is 4.54. The average molecular weight is 261 g/mol. The van der Waals surface area contributed by atoms with Crippen LogP contribution in [0.25, 0.3) is 0 Å². The van der Waals surface area contributed by atoms with Crippen LogP contribution in [0.1, 0.15) is 39.0 Å². The van der Waals surface area contributed by atoms with Crippen LogP contribution in [0.4, 0.5) is 5.82 Å². The second-order valence-electron chi connectivity index (χ2n) is 4.49. The highest BCUT2D eigenvalue weighted by atomic mass is 32.1. The number of rotatable bonds is 3. The van der Waals surface area contributed by atoms with Gasteiger partial charge in [-0.15, -0.1) is 11.3 Å². The molecule has 1 aliphatic rings. The standard InChI is InChI=1S/C13H15N3OS/c1-2-8-7-14-16-12(8)15-13(17)11-6-9-4-3-5-10(9)18-11/h6-7H,2-5H2,1H3,(H2,14,15,16,17). The van der Waals surface area contributed by atoms with E-state index < -0.39 is 0 Å². The summed E-state index contributed by atoms with van der Waals surface area (Å²) in [5.74, 6) is 0.685. The van der Waals surface area contributed by atoms with E-state index >= 15 is 0 Å². The van der Waals surface area contributed by atoms with Crippen LogP contribution in [0.3, 0.4) is 0 Å². The zero-order chi connectivity index (χ0) is 12.5. The van der Waals surface area contributed by atoms with Gasteiger partial charge in [-0.3, -0.25) is 9.89 Å². The number of amides is 1. The smallest absolute Gasteiger partial charge is 0.266 e. The molecule has 0 saturated carbocycles. The number of aromatic amines is 1. The minimum Gasteiger partial charge on any atom is -0.306 e. The van der Waals surface area contributed by atoms with Gasteiger partial charge in [0.05, 0.1) is 11.1 Å². The first kappa shape index (κ1) is 11.5. The number of carbonyl (C=O) groups is 1. The van der Waals surface area contributed by atoms with Crippen molar-refractivity contribution in [2.24, 2.45) is 0 Å². The van der Waals surface area contributed by atoms with Gasteiger partial charge >= 0.3 is 0 Å². The molecule has 18 heavy (non-hydrogen) atoms. The van der Waals surface area contributed by atoms with E-state index in [2.05, 4.69) is 15.5 Å². The van der Waals surface area contributed by atoms with Crippen molar-refractivity contribution in [3.8, 4) is 0 Å². The molecule has 0 bridgehead atoms. The number of hydrogen-bond acceptors (Lipinski definition) is 3. The normalized spacial score (nSPS) is 13.6. The molecule has 4 nitrogen and oxygen atoms in total. The zero-order valence-electron chi connectivity index (χ0n) is 10.2. The molecule has 0 atom stereocenters. The van der Waals surface area contributed by atoms with E-state index in [-0.39, 0.29) is 5.91 Å². The maximum atomic E-state index is 12.1. The lowest BCUT2D eigenvalue weighted by Crippen LogP contribution is -2.11. The number of thiophene rings is 1. The zero-order valence-corrected chi connectivity index (χ0v) is 11.1. The Kier molecular flexibility index (Phi) is 2.91. The summed E-state index contributed by atoms with van der Waals surface area (Å²) in [6, 6.07) is 2.03. The van der Waals surface area contributed by atoms with Crippen molar-refractivity contribution < 1.29 is 4.79 Å². The summed E-state index contributed by atoms with van der Waals surface area (Å²) in [6.45, 7) is 2.04. The van der Waals surface area contributed by atoms with Gasteiger partial charge < -0.3 is 5.32 Å². The number of aromatic nitrogens is 2. The second kappa shape index (κ2) is 4.57. The van der Waals surface area contributed by atoms with Crippen molar-refractivity contribution in [3.63, 3.8) is 0 Å². The molecular weight excluding hydrogens is 246 g/mol. The van der Waals surface area contributed by atoms with Gasteiger partial charge in [-0.1, -0.05) is 6.92 Å². The summed E-state index contributed by atoms with van der Waals surface area (Å²) in [5.41, 5.74) is 2.39. The number of fused-ring (bicyclic) bond motifs is 1. The Labute approximate surface area is 109 Å². The molecule has 0 unspecified atom stereocenters. The van der Waals surface area contributed by atoms with E-state index in [1.807, 2.05) is 13.0 Å². The highest BCUT2D eigenvalue weighted by molar-refractivity contribution is 7.14. The van der Waals surface area contributed by atoms with Crippen LogP contribution < -0.4 is 5.32 Å². The summed E-state index contributed by atoms with van der Waals surface area (Å²) < 4.78 is 0. The molecule has 2 N–H and O–H groups in total. The van der Waals surface area contributed by atoms with E-state index in [1.165, 1.54) is 16.9 Å². The van der Waals surface area contributed by atoms with Crippen LogP contribution in [0.2, 0.25) is 0 Å². The molecule has 2 heterocycles. The minimum absolute atomic E-state index is 0.0339. The molecular formula is C13H15N3OS. The van der Waals surface area contributed by atoms with Crippen LogP contribution in [0.15, 0.2) is 12.3 Å². The number of carbonyl (C=O) groups excluding carboxylic acids is 1. The Morgan fingerprint density at radius 1 is 1.56 bits per heavy atom. The lowest BCUT2D eigenvalue weighted by Gasteiger charge is -2.02. The van der Waals surface area contributed by atoms with Crippen LogP contribution in [0, 0.1) is 0 Å². The highest BCUT2D eigenvalue weighted by Gasteiger charge is 2.19. The highest BCUT2D eigenvalue weighted by Crippen LogP contribution is 2.31. The molecule has 2 aromatic heterocycles. The monoisotopic (exact) mass is 261 g/mol. The maximum Gasteiger partial charge on any atom is 0.266 e. The maximum absolute atomic E-state index is 12.1. The molecule has 0 radical (unpaired) electrons. The van der Waals surface area contributed by atoms with Crippen LogP contribution in [-0.4, -0.2) is 16.1 Å². The Morgan fingerprint density at radius 2 is 2.44 bits per heavy atom. The van der Waals surface area contributed by atoms with Gasteiger partial charge in [-0.25, -0.2) is 0 Å². The predicted molar refractivity (Wildman–Crippen MR) is 72.3 cm³/mol. The van der Waals surface area contributed by atoms with Gasteiger partial charge in [-0.2, -0.15) is 5.10 Å². The number of nitrogens with one attached hydrogen (secondary N) is 2. The summed E-state index contributed by atoms with van der Waals surface area (Å²) in [7, 11) is 0. The topological polar surface area (TPSA) is 57.8 Å². The first-order valence-electron chi connectivity index (χ1n) is 6.23. The van der Waals surface area contributed by atoms with Gasteiger partial charge in [0.25, 0.3) is 5.91 Å². The van der Waals surface area contributed by atoms with Crippen LogP contribution in [-0.2, 0) is 19.3 Å². The third kappa shape index (κ3) is 1.95. The number of anilines is 1. The molecule has 1 aliphatic carbocycles. The fourth-order valence-corrected chi connectivity index (χ4v) is 3.45. The average Bonchev–Trinajstić information content (AvgIpc) is 3.02. The Morgan fingerprint density at radius 3 is 3.22 bits per heavy atom. The van der Waals surface area contributed by atoms with Crippen molar-refractivity contribution in [1.82, 2.24) is 10.2 Å². The number of hydrogen-bond donors (Lipinski definition) is 2. The first-order chi connectivity index (χ1) is 8.78. The van der Waals surface area contributed by atoms with Gasteiger partial charge in [0.2, 0.25) is 0 Å². The van der Waals surface area contributed by atoms with Gasteiger partial charge in [0, 0.05) is 10.4 Å². The molecule has 0 aliphatic heterocycles. The fraction of sp³-hybridized carbons (Fsp3) is 0.385. The van der Waals surface area contributed by atoms with E-state index in [0.717, 1.165) is 35.5 Å². The molecule has 0 fully saturated rings. The van der Waals surface area contributed by atoms with Gasteiger partial charge in [0.1, 0.15) is 5.82 Å². The molecule has 0 aromatic carbocycles. The number of H-pyrrole nitrogens is 1. The van der Waals surface area contributed by atoms with E-state index in [9.17, 15) is 4.79 Å². The lowest BCUT2D eigenvalue weighted by molar-refractivity contribution is 0.103. The molecule has 2 aromatic rings. The van der Waals surface area contributed by atoms with Crippen molar-refractivity contribution in [3.05, 3.63) is 33.1 Å². The quantitative estimate of drug-likeness (QED) is 0.892. The summed E-state index contributed by atoms with van der Waals surface area (Å²) in [4.78, 5) is 14.3. The lowest BCUT2D eigenvalue weighted by atomic mass is 10.2. The van der Waals surface area contributed by atoms with Crippen molar-refractivity contribution >= 4 is 23.1 Å². The minimum atomic E-state index is -0.0339. The SMILES string of the molecule is CCc1cn[nH]c1NC(=O)c1cc2c(s1)CCC2. The van der Waals surface area contributed by atoms with Crippen LogP contribution in [0.5, 0.6) is 0 Å². The van der Waals surface area contributed by atoms with E-state index in [1.54, 1.807) is 17.5 Å². The molecule has 94 valence electrons. The Bertz CT molecular complexity index is 563. The molecule has 3 rings (SSSR count). The molecule has 5 heteroatoms. The molecule has 1 amide bonds. The second-order valence-corrected chi connectivity index (χ2v) is 5.63. The van der Waals surface area contributed by atoms with Crippen molar-refractivity contribution in [2.75, 3.05) is 5.32 Å².